The van der Waals surface area contributed by atoms with Gasteiger partial charge in [0.25, 0.3) is 0 Å². The van der Waals surface area contributed by atoms with Gasteiger partial charge in [0.05, 0.1) is 24.9 Å². The molecular formula is C23H36O3. The first kappa shape index (κ1) is 21.1. The fraction of sp³-hybridized carbons (Fsp3) is 0.696. The van der Waals surface area contributed by atoms with Gasteiger partial charge in [0.2, 0.25) is 0 Å². The second-order valence-electron chi connectivity index (χ2n) is 8.63. The zero-order valence-electron chi connectivity index (χ0n) is 17.3. The Morgan fingerprint density at radius 2 is 1.88 bits per heavy atom. The average Bonchev–Trinajstić information content (AvgIpc) is 3.39. The van der Waals surface area contributed by atoms with E-state index in [1.54, 1.807) is 6.92 Å². The van der Waals surface area contributed by atoms with Gasteiger partial charge in [0.1, 0.15) is 5.78 Å². The summed E-state index contributed by atoms with van der Waals surface area (Å²) in [6.07, 6.45) is 3.65. The highest BCUT2D eigenvalue weighted by Crippen LogP contribution is 2.47. The van der Waals surface area contributed by atoms with E-state index in [-0.39, 0.29) is 35.4 Å². The fourth-order valence-corrected chi connectivity index (χ4v) is 3.61. The molecule has 1 aliphatic heterocycles. The molecule has 1 saturated heterocycles. The first-order chi connectivity index (χ1) is 12.3. The Morgan fingerprint density at radius 1 is 1.23 bits per heavy atom. The molecule has 0 radical (unpaired) electrons. The van der Waals surface area contributed by atoms with Gasteiger partial charge in [-0.1, -0.05) is 65.0 Å². The molecule has 1 fully saturated rings. The van der Waals surface area contributed by atoms with Crippen molar-refractivity contribution in [3.8, 4) is 0 Å². The number of carbonyl (C=O) groups excluding carboxylic acids is 1. The van der Waals surface area contributed by atoms with Crippen LogP contribution in [-0.4, -0.2) is 24.1 Å². The van der Waals surface area contributed by atoms with Crippen LogP contribution in [0.5, 0.6) is 0 Å². The summed E-state index contributed by atoms with van der Waals surface area (Å²) in [5, 5.41) is 0. The number of rotatable bonds is 11. The van der Waals surface area contributed by atoms with Gasteiger partial charge in [0.15, 0.2) is 0 Å². The highest BCUT2D eigenvalue weighted by molar-refractivity contribution is 5.77. The summed E-state index contributed by atoms with van der Waals surface area (Å²) in [7, 11) is 0. The lowest BCUT2D eigenvalue weighted by Crippen LogP contribution is -2.32. The summed E-state index contributed by atoms with van der Waals surface area (Å²) in [5.41, 5.74) is 1.31. The topological polar surface area (TPSA) is 38.8 Å². The van der Waals surface area contributed by atoms with Crippen LogP contribution in [-0.2, 0) is 20.9 Å². The number of Topliss-reactive ketones (excluding diaryl/α,β-unsaturated/α-hetero) is 1. The minimum atomic E-state index is 0.0880. The van der Waals surface area contributed by atoms with E-state index in [2.05, 4.69) is 52.0 Å². The number of hydrogen-bond donors (Lipinski definition) is 0. The first-order valence-electron chi connectivity index (χ1n) is 10.1. The molecule has 0 aromatic heterocycles. The van der Waals surface area contributed by atoms with Crippen LogP contribution >= 0.6 is 0 Å². The van der Waals surface area contributed by atoms with Crippen LogP contribution < -0.4 is 0 Å². The van der Waals surface area contributed by atoms with Crippen LogP contribution in [0.25, 0.3) is 0 Å². The molecule has 146 valence electrons. The van der Waals surface area contributed by atoms with E-state index in [0.29, 0.717) is 12.5 Å². The van der Waals surface area contributed by atoms with Gasteiger partial charge in [0, 0.05) is 5.92 Å². The molecule has 26 heavy (non-hydrogen) atoms. The fourth-order valence-electron chi connectivity index (χ4n) is 3.61. The molecular weight excluding hydrogens is 324 g/mol. The van der Waals surface area contributed by atoms with Gasteiger partial charge in [-0.15, -0.1) is 0 Å². The lowest BCUT2D eigenvalue weighted by Gasteiger charge is -2.33. The van der Waals surface area contributed by atoms with Crippen molar-refractivity contribution in [2.45, 2.75) is 85.7 Å². The number of carbonyl (C=O) groups is 1. The highest BCUT2D eigenvalue weighted by Gasteiger charge is 2.52. The van der Waals surface area contributed by atoms with Crippen LogP contribution in [0.15, 0.2) is 30.3 Å². The maximum Gasteiger partial charge on any atom is 0.132 e. The monoisotopic (exact) mass is 360 g/mol. The van der Waals surface area contributed by atoms with Gasteiger partial charge in [-0.3, -0.25) is 4.79 Å². The molecule has 3 nitrogen and oxygen atoms in total. The van der Waals surface area contributed by atoms with Crippen molar-refractivity contribution in [3.63, 3.8) is 0 Å². The van der Waals surface area contributed by atoms with E-state index in [0.717, 1.165) is 19.3 Å². The molecule has 1 aromatic carbocycles. The molecule has 0 bridgehead atoms. The molecule has 1 heterocycles. The van der Waals surface area contributed by atoms with Crippen molar-refractivity contribution in [3.05, 3.63) is 35.9 Å². The minimum Gasteiger partial charge on any atom is -0.374 e. The molecule has 1 aromatic rings. The minimum absolute atomic E-state index is 0.0880. The van der Waals surface area contributed by atoms with E-state index >= 15 is 0 Å². The summed E-state index contributed by atoms with van der Waals surface area (Å²) in [5.74, 6) is 0.838. The molecule has 5 atom stereocenters. The third-order valence-corrected chi connectivity index (χ3v) is 6.27. The van der Waals surface area contributed by atoms with Gasteiger partial charge in [-0.2, -0.15) is 0 Å². The van der Waals surface area contributed by atoms with E-state index in [9.17, 15) is 4.79 Å². The molecule has 3 heteroatoms. The van der Waals surface area contributed by atoms with Crippen LogP contribution in [0, 0.1) is 17.3 Å². The van der Waals surface area contributed by atoms with E-state index in [1.807, 2.05) is 13.0 Å². The van der Waals surface area contributed by atoms with Gasteiger partial charge < -0.3 is 9.47 Å². The van der Waals surface area contributed by atoms with Crippen molar-refractivity contribution in [2.75, 3.05) is 0 Å². The molecule has 0 saturated carbocycles. The standard InChI is InChI=1S/C23H36O3/c1-7-20(25-15-19-11-9-8-10-12-19)14-17(3)23(5,6)22-21(26-22)13-16(2)18(4)24/h8-12,16-17,20-22H,7,13-15H2,1-6H3. The maximum absolute atomic E-state index is 11.5. The Bertz CT molecular complexity index is 566. The second kappa shape index (κ2) is 9.14. The number of ether oxygens (including phenoxy) is 2. The largest absolute Gasteiger partial charge is 0.374 e. The van der Waals surface area contributed by atoms with Crippen LogP contribution in [0.2, 0.25) is 0 Å². The van der Waals surface area contributed by atoms with Crippen LogP contribution in [0.1, 0.15) is 66.4 Å². The van der Waals surface area contributed by atoms with E-state index in [1.165, 1.54) is 5.56 Å². The predicted molar refractivity (Wildman–Crippen MR) is 106 cm³/mol. The Morgan fingerprint density at radius 3 is 2.46 bits per heavy atom. The predicted octanol–water partition coefficient (Wildman–Crippen LogP) is 5.42. The van der Waals surface area contributed by atoms with Gasteiger partial charge in [-0.25, -0.2) is 0 Å². The highest BCUT2D eigenvalue weighted by atomic mass is 16.6. The van der Waals surface area contributed by atoms with Crippen LogP contribution in [0.4, 0.5) is 0 Å². The van der Waals surface area contributed by atoms with Crippen LogP contribution in [0.3, 0.4) is 0 Å². The summed E-state index contributed by atoms with van der Waals surface area (Å²) in [4.78, 5) is 11.5. The second-order valence-corrected chi connectivity index (χ2v) is 8.63. The Hall–Kier alpha value is -1.19. The van der Waals surface area contributed by atoms with Gasteiger partial charge >= 0.3 is 0 Å². The lowest BCUT2D eigenvalue weighted by atomic mass is 9.73. The average molecular weight is 361 g/mol. The molecule has 5 unspecified atom stereocenters. The zero-order valence-corrected chi connectivity index (χ0v) is 17.3. The molecule has 0 spiro atoms. The number of hydrogen-bond acceptors (Lipinski definition) is 3. The van der Waals surface area contributed by atoms with Crippen molar-refractivity contribution in [1.29, 1.82) is 0 Å². The Labute approximate surface area is 159 Å². The number of benzene rings is 1. The van der Waals surface area contributed by atoms with Crippen molar-refractivity contribution >= 4 is 5.78 Å². The summed E-state index contributed by atoms with van der Waals surface area (Å²) in [6.45, 7) is 13.4. The molecule has 1 aliphatic rings. The number of epoxide rings is 1. The van der Waals surface area contributed by atoms with Crippen molar-refractivity contribution < 1.29 is 14.3 Å². The zero-order chi connectivity index (χ0) is 19.3. The Balaban J connectivity index is 1.84. The first-order valence-corrected chi connectivity index (χ1v) is 10.1. The van der Waals surface area contributed by atoms with Crippen molar-refractivity contribution in [1.82, 2.24) is 0 Å². The SMILES string of the molecule is CCC(CC(C)C(C)(C)C1OC1CC(C)C(C)=O)OCc1ccccc1. The number of ketones is 1. The smallest absolute Gasteiger partial charge is 0.132 e. The van der Waals surface area contributed by atoms with Crippen molar-refractivity contribution in [2.24, 2.45) is 17.3 Å². The normalized spacial score (nSPS) is 23.3. The van der Waals surface area contributed by atoms with E-state index < -0.39 is 0 Å². The summed E-state index contributed by atoms with van der Waals surface area (Å²) < 4.78 is 12.2. The molecule has 2 rings (SSSR count). The summed E-state index contributed by atoms with van der Waals surface area (Å²) >= 11 is 0. The maximum atomic E-state index is 11.5. The summed E-state index contributed by atoms with van der Waals surface area (Å²) in [6, 6.07) is 10.4. The molecule has 0 N–H and O–H groups in total. The quantitative estimate of drug-likeness (QED) is 0.495. The van der Waals surface area contributed by atoms with E-state index in [4.69, 9.17) is 9.47 Å². The molecule has 0 amide bonds. The third-order valence-electron chi connectivity index (χ3n) is 6.27. The van der Waals surface area contributed by atoms with Gasteiger partial charge in [-0.05, 0) is 43.1 Å². The third kappa shape index (κ3) is 5.65. The molecule has 0 aliphatic carbocycles. The lowest BCUT2D eigenvalue weighted by molar-refractivity contribution is -0.120. The Kier molecular flexibility index (Phi) is 7.42.